The third kappa shape index (κ3) is 4.40. The summed E-state index contributed by atoms with van der Waals surface area (Å²) in [4.78, 5) is 14.4. The van der Waals surface area contributed by atoms with E-state index in [1.165, 1.54) is 12.5 Å². The maximum Gasteiger partial charge on any atom is 0.223 e. The smallest absolute Gasteiger partial charge is 0.223 e. The van der Waals surface area contributed by atoms with Gasteiger partial charge in [-0.3, -0.25) is 4.40 Å². The highest BCUT2D eigenvalue weighted by Gasteiger charge is 2.25. The highest BCUT2D eigenvalue weighted by Crippen LogP contribution is 2.28. The van der Waals surface area contributed by atoms with Crippen LogP contribution in [0.25, 0.3) is 4.96 Å². The Morgan fingerprint density at radius 1 is 1.41 bits per heavy atom. The number of nitrogens with zero attached hydrogens (tertiary/aromatic N) is 4. The number of thiazole rings is 1. The van der Waals surface area contributed by atoms with Crippen LogP contribution in [0.5, 0.6) is 0 Å². The minimum atomic E-state index is -3.37. The number of hydrogen-bond donors (Lipinski definition) is 2. The van der Waals surface area contributed by atoms with E-state index >= 15 is 0 Å². The molecule has 2 N–H and O–H groups in total. The number of hydrogen-bond acceptors (Lipinski definition) is 8. The van der Waals surface area contributed by atoms with Gasteiger partial charge in [-0.15, -0.1) is 23.7 Å². The number of nitrogens with one attached hydrogen (secondary N) is 2. The standard InChI is InChI=1S/C16H20N6O2S2.ClH/c1-26(23,24)13-9-19-15(21-14(13)11-3-2-4-17-7-11)18-8-12-10-22-5-6-25-16(22)20-12;/h5-6,9-11,17H,2-4,7-8H2,1H3,(H,18,19,21);1H. The van der Waals surface area contributed by atoms with Crippen LogP contribution in [0.3, 0.4) is 0 Å². The second-order valence-corrected chi connectivity index (χ2v) is 9.29. The number of aromatic nitrogens is 4. The number of fused-ring (bicyclic) bond motifs is 1. The first-order chi connectivity index (χ1) is 12.5. The molecule has 1 aliphatic heterocycles. The normalized spacial score (nSPS) is 17.6. The van der Waals surface area contributed by atoms with Crippen LogP contribution < -0.4 is 10.6 Å². The maximum atomic E-state index is 12.1. The maximum absolute atomic E-state index is 12.1. The molecule has 1 fully saturated rings. The fraction of sp³-hybridized carbons (Fsp3) is 0.438. The molecule has 4 rings (SSSR count). The van der Waals surface area contributed by atoms with Crippen LogP contribution in [0.1, 0.15) is 30.1 Å². The van der Waals surface area contributed by atoms with E-state index < -0.39 is 9.84 Å². The van der Waals surface area contributed by atoms with E-state index in [0.717, 1.165) is 36.6 Å². The van der Waals surface area contributed by atoms with E-state index in [-0.39, 0.29) is 23.2 Å². The van der Waals surface area contributed by atoms with Crippen molar-refractivity contribution in [1.29, 1.82) is 0 Å². The summed E-state index contributed by atoms with van der Waals surface area (Å²) in [7, 11) is -3.37. The molecule has 27 heavy (non-hydrogen) atoms. The first kappa shape index (κ1) is 20.0. The first-order valence-electron chi connectivity index (χ1n) is 8.43. The van der Waals surface area contributed by atoms with Gasteiger partial charge >= 0.3 is 0 Å². The number of halogens is 1. The van der Waals surface area contributed by atoms with E-state index in [1.54, 1.807) is 11.3 Å². The van der Waals surface area contributed by atoms with Gasteiger partial charge in [-0.2, -0.15) is 0 Å². The molecule has 0 aromatic carbocycles. The Hall–Kier alpha value is -1.75. The number of rotatable bonds is 5. The third-order valence-electron chi connectivity index (χ3n) is 4.44. The Kier molecular flexibility index (Phi) is 5.99. The average molecular weight is 429 g/mol. The molecule has 0 amide bonds. The van der Waals surface area contributed by atoms with Gasteiger partial charge in [0.1, 0.15) is 4.90 Å². The van der Waals surface area contributed by atoms with Crippen molar-refractivity contribution in [3.8, 4) is 0 Å². The minimum absolute atomic E-state index is 0. The van der Waals surface area contributed by atoms with Gasteiger partial charge in [-0.05, 0) is 19.4 Å². The predicted molar refractivity (Wildman–Crippen MR) is 108 cm³/mol. The summed E-state index contributed by atoms with van der Waals surface area (Å²) in [6, 6.07) is 0. The lowest BCUT2D eigenvalue weighted by Crippen LogP contribution is -2.30. The summed E-state index contributed by atoms with van der Waals surface area (Å²) in [5.74, 6) is 0.504. The molecule has 146 valence electrons. The summed E-state index contributed by atoms with van der Waals surface area (Å²) < 4.78 is 26.2. The molecule has 11 heteroatoms. The monoisotopic (exact) mass is 428 g/mol. The van der Waals surface area contributed by atoms with Crippen molar-refractivity contribution in [1.82, 2.24) is 24.7 Å². The molecule has 4 heterocycles. The molecular weight excluding hydrogens is 408 g/mol. The summed E-state index contributed by atoms with van der Waals surface area (Å²) in [5.41, 5.74) is 1.48. The topological polar surface area (TPSA) is 101 Å². The van der Waals surface area contributed by atoms with Crippen LogP contribution in [0, 0.1) is 0 Å². The molecular formula is C16H21ClN6O2S2. The van der Waals surface area contributed by atoms with Crippen molar-refractivity contribution in [2.45, 2.75) is 30.2 Å². The van der Waals surface area contributed by atoms with Gasteiger partial charge in [0.2, 0.25) is 5.95 Å². The zero-order valence-corrected chi connectivity index (χ0v) is 17.2. The van der Waals surface area contributed by atoms with E-state index in [1.807, 2.05) is 22.2 Å². The van der Waals surface area contributed by atoms with Gasteiger partial charge in [0.05, 0.1) is 24.1 Å². The zero-order chi connectivity index (χ0) is 18.1. The van der Waals surface area contributed by atoms with Crippen LogP contribution in [-0.2, 0) is 16.4 Å². The van der Waals surface area contributed by atoms with Crippen molar-refractivity contribution < 1.29 is 8.42 Å². The van der Waals surface area contributed by atoms with Crippen LogP contribution in [-0.4, -0.2) is 47.1 Å². The number of anilines is 1. The fourth-order valence-electron chi connectivity index (χ4n) is 3.16. The quantitative estimate of drug-likeness (QED) is 0.641. The van der Waals surface area contributed by atoms with E-state index in [4.69, 9.17) is 0 Å². The van der Waals surface area contributed by atoms with Crippen LogP contribution in [0.15, 0.2) is 28.9 Å². The predicted octanol–water partition coefficient (Wildman–Crippen LogP) is 2.09. The average Bonchev–Trinajstić information content (AvgIpc) is 3.21. The van der Waals surface area contributed by atoms with Gasteiger partial charge in [-0.25, -0.2) is 23.4 Å². The first-order valence-corrected chi connectivity index (χ1v) is 11.2. The highest BCUT2D eigenvalue weighted by molar-refractivity contribution is 7.90. The molecule has 1 unspecified atom stereocenters. The van der Waals surface area contributed by atoms with Gasteiger partial charge in [-0.1, -0.05) is 0 Å². The fourth-order valence-corrected chi connectivity index (χ4v) is 4.72. The zero-order valence-electron chi connectivity index (χ0n) is 14.8. The lowest BCUT2D eigenvalue weighted by Gasteiger charge is -2.24. The van der Waals surface area contributed by atoms with Crippen molar-refractivity contribution >= 4 is 44.5 Å². The summed E-state index contributed by atoms with van der Waals surface area (Å²) in [5, 5.41) is 8.46. The molecule has 0 saturated carbocycles. The van der Waals surface area contributed by atoms with Crippen LogP contribution in [0.2, 0.25) is 0 Å². The Bertz CT molecular complexity index is 998. The molecule has 3 aromatic rings. The Balaban J connectivity index is 0.00000210. The summed E-state index contributed by atoms with van der Waals surface area (Å²) in [6.07, 6.45) is 8.46. The molecule has 1 saturated heterocycles. The second kappa shape index (κ2) is 8.09. The third-order valence-corrected chi connectivity index (χ3v) is 6.32. The van der Waals surface area contributed by atoms with Gasteiger partial charge in [0, 0.05) is 36.5 Å². The largest absolute Gasteiger partial charge is 0.348 e. The van der Waals surface area contributed by atoms with Crippen molar-refractivity contribution in [2.24, 2.45) is 0 Å². The van der Waals surface area contributed by atoms with Crippen LogP contribution >= 0.6 is 23.7 Å². The molecule has 0 bridgehead atoms. The lowest BCUT2D eigenvalue weighted by molar-refractivity contribution is 0.448. The highest BCUT2D eigenvalue weighted by atomic mass is 35.5. The molecule has 0 spiro atoms. The Morgan fingerprint density at radius 2 is 2.26 bits per heavy atom. The molecule has 3 aromatic heterocycles. The van der Waals surface area contributed by atoms with E-state index in [2.05, 4.69) is 25.6 Å². The molecule has 8 nitrogen and oxygen atoms in total. The Labute approximate surface area is 167 Å². The van der Waals surface area contributed by atoms with Gasteiger partial charge in [0.25, 0.3) is 0 Å². The van der Waals surface area contributed by atoms with Crippen molar-refractivity contribution in [3.63, 3.8) is 0 Å². The molecule has 0 radical (unpaired) electrons. The molecule has 0 aliphatic carbocycles. The summed E-state index contributed by atoms with van der Waals surface area (Å²) >= 11 is 1.57. The number of sulfone groups is 1. The minimum Gasteiger partial charge on any atom is -0.348 e. The van der Waals surface area contributed by atoms with E-state index in [0.29, 0.717) is 18.2 Å². The van der Waals surface area contributed by atoms with Crippen LogP contribution in [0.4, 0.5) is 5.95 Å². The lowest BCUT2D eigenvalue weighted by atomic mass is 9.96. The van der Waals surface area contributed by atoms with E-state index in [9.17, 15) is 8.42 Å². The van der Waals surface area contributed by atoms with Crippen molar-refractivity contribution in [2.75, 3.05) is 24.7 Å². The number of piperidine rings is 1. The Morgan fingerprint density at radius 3 is 2.96 bits per heavy atom. The summed E-state index contributed by atoms with van der Waals surface area (Å²) in [6.45, 7) is 2.17. The SMILES string of the molecule is CS(=O)(=O)c1cnc(NCc2cn3ccsc3n2)nc1C1CCCNC1.Cl. The van der Waals surface area contributed by atoms with Gasteiger partial charge < -0.3 is 10.6 Å². The second-order valence-electron chi connectivity index (χ2n) is 6.44. The van der Waals surface area contributed by atoms with Crippen molar-refractivity contribution in [3.05, 3.63) is 35.4 Å². The van der Waals surface area contributed by atoms with Gasteiger partial charge in [0.15, 0.2) is 14.8 Å². The molecule has 1 aliphatic rings. The number of imidazole rings is 1. The molecule has 1 atom stereocenters.